The first-order valence-electron chi connectivity index (χ1n) is 8.80. The Hall–Kier alpha value is -0.630. The Morgan fingerprint density at radius 2 is 1.36 bits per heavy atom. The molecule has 1 fully saturated rings. The predicted molar refractivity (Wildman–Crippen MR) is 94.3 cm³/mol. The van der Waals surface area contributed by atoms with Crippen molar-refractivity contribution < 1.29 is 44.8 Å². The molecule has 3 heteroatoms. The van der Waals surface area contributed by atoms with Gasteiger partial charge in [0.05, 0.1) is 0 Å². The van der Waals surface area contributed by atoms with Crippen LogP contribution in [0.1, 0.15) is 28.6 Å². The molecule has 0 amide bonds. The summed E-state index contributed by atoms with van der Waals surface area (Å²) in [7, 11) is 0. The SMILES string of the molecule is CC1=[C]([Hf+2]2([CH]3c4ccccc4-c4ccccc43)[CH2][CH2]2)C(C)C=C1.[Cl-].[Cl-]. The van der Waals surface area contributed by atoms with Crippen molar-refractivity contribution in [3.63, 3.8) is 0 Å². The Labute approximate surface area is 167 Å². The van der Waals surface area contributed by atoms with Crippen LogP contribution in [0.5, 0.6) is 0 Å². The molecule has 0 N–H and O–H groups in total. The van der Waals surface area contributed by atoms with Crippen molar-refractivity contribution in [3.8, 4) is 11.1 Å². The molecule has 2 aromatic rings. The number of allylic oxidation sites excluding steroid dienone is 4. The van der Waals surface area contributed by atoms with Crippen molar-refractivity contribution >= 4 is 0 Å². The first-order chi connectivity index (χ1) is 11.2. The molecule has 1 unspecified atom stereocenters. The quantitative estimate of drug-likeness (QED) is 0.484. The van der Waals surface area contributed by atoms with Crippen molar-refractivity contribution in [2.24, 2.45) is 5.92 Å². The molecule has 0 aromatic heterocycles. The summed E-state index contributed by atoms with van der Waals surface area (Å²) in [6.45, 7) is 4.79. The van der Waals surface area contributed by atoms with Gasteiger partial charge in [0.25, 0.3) is 0 Å². The zero-order chi connectivity index (χ0) is 15.6. The molecule has 3 aliphatic rings. The molecular weight excluding hydrogens is 514 g/mol. The van der Waals surface area contributed by atoms with Gasteiger partial charge in [-0.25, -0.2) is 0 Å². The summed E-state index contributed by atoms with van der Waals surface area (Å²) >= 11 is -2.45. The largest absolute Gasteiger partial charge is 1.00 e. The van der Waals surface area contributed by atoms with Crippen LogP contribution < -0.4 is 24.8 Å². The molecule has 0 spiro atoms. The molecule has 1 atom stereocenters. The Morgan fingerprint density at radius 1 is 0.840 bits per heavy atom. The number of hydrogen-bond acceptors (Lipinski definition) is 0. The van der Waals surface area contributed by atoms with E-state index in [0.29, 0.717) is 5.92 Å². The normalized spacial score (nSPS) is 20.8. The summed E-state index contributed by atoms with van der Waals surface area (Å²) in [6, 6.07) is 18.4. The fraction of sp³-hybridized carbons (Fsp3) is 0.273. The zero-order valence-corrected chi connectivity index (χ0v) is 19.7. The van der Waals surface area contributed by atoms with Crippen LogP contribution in [-0.2, 0) is 20.0 Å². The van der Waals surface area contributed by atoms with E-state index < -0.39 is 20.0 Å². The van der Waals surface area contributed by atoms with E-state index in [9.17, 15) is 0 Å². The minimum atomic E-state index is -2.45. The number of hydrogen-bond donors (Lipinski definition) is 0. The van der Waals surface area contributed by atoms with Gasteiger partial charge >= 0.3 is 144 Å². The third-order valence-corrected chi connectivity index (χ3v) is 25.0. The molecule has 25 heavy (non-hydrogen) atoms. The van der Waals surface area contributed by atoms with E-state index in [1.54, 1.807) is 25.1 Å². The van der Waals surface area contributed by atoms with Gasteiger partial charge in [-0.3, -0.25) is 0 Å². The van der Waals surface area contributed by atoms with Gasteiger partial charge in [-0.15, -0.1) is 0 Å². The van der Waals surface area contributed by atoms with Crippen molar-refractivity contribution in [1.82, 2.24) is 0 Å². The van der Waals surface area contributed by atoms with E-state index in [0.717, 1.165) is 3.67 Å². The topological polar surface area (TPSA) is 0 Å². The van der Waals surface area contributed by atoms with Crippen molar-refractivity contribution in [2.75, 3.05) is 0 Å². The second-order valence-electron chi connectivity index (χ2n) is 7.51. The summed E-state index contributed by atoms with van der Waals surface area (Å²) in [5.41, 5.74) is 7.92. The molecule has 5 rings (SSSR count). The summed E-state index contributed by atoms with van der Waals surface area (Å²) in [5, 5.41) is 0. The average Bonchev–Trinajstić information content (AvgIpc) is 3.17. The Balaban J connectivity index is 0.000000911. The first-order valence-corrected chi connectivity index (χ1v) is 17.8. The van der Waals surface area contributed by atoms with Gasteiger partial charge in [-0.05, 0) is 0 Å². The van der Waals surface area contributed by atoms with Crippen molar-refractivity contribution in [2.45, 2.75) is 25.9 Å². The minimum Gasteiger partial charge on any atom is -1.00 e. The maximum atomic E-state index is 2.44. The van der Waals surface area contributed by atoms with E-state index in [4.69, 9.17) is 0 Å². The Morgan fingerprint density at radius 3 is 1.80 bits per heavy atom. The summed E-state index contributed by atoms with van der Waals surface area (Å²) in [4.78, 5) is 0. The monoisotopic (exact) mass is 536 g/mol. The van der Waals surface area contributed by atoms with Crippen LogP contribution in [0.25, 0.3) is 11.1 Å². The van der Waals surface area contributed by atoms with Crippen molar-refractivity contribution in [3.05, 3.63) is 80.7 Å². The molecule has 2 aliphatic carbocycles. The average molecular weight is 536 g/mol. The molecule has 1 aliphatic heterocycles. The maximum absolute atomic E-state index is 2.45. The van der Waals surface area contributed by atoms with Gasteiger partial charge in [-0.2, -0.15) is 0 Å². The number of rotatable bonds is 2. The third-order valence-electron chi connectivity index (χ3n) is 6.23. The van der Waals surface area contributed by atoms with Gasteiger partial charge < -0.3 is 24.8 Å². The Bertz CT molecular complexity index is 832. The first kappa shape index (κ1) is 19.1. The molecule has 0 bridgehead atoms. The van der Waals surface area contributed by atoms with Crippen LogP contribution in [-0.4, -0.2) is 0 Å². The summed E-state index contributed by atoms with van der Waals surface area (Å²) < 4.78 is 5.80. The van der Waals surface area contributed by atoms with Crippen LogP contribution in [0.15, 0.2) is 69.6 Å². The van der Waals surface area contributed by atoms with E-state index in [2.05, 4.69) is 74.5 Å². The number of fused-ring (bicyclic) bond motifs is 3. The Kier molecular flexibility index (Phi) is 5.23. The maximum Gasteiger partial charge on any atom is -1.00 e. The molecular formula is C22H22Cl2Hf. The molecule has 2 aromatic carbocycles. The zero-order valence-electron chi connectivity index (χ0n) is 14.6. The van der Waals surface area contributed by atoms with E-state index >= 15 is 0 Å². The second-order valence-corrected chi connectivity index (χ2v) is 23.4. The van der Waals surface area contributed by atoms with Crippen LogP contribution in [0.2, 0.25) is 8.35 Å². The van der Waals surface area contributed by atoms with Crippen LogP contribution >= 0.6 is 0 Å². The van der Waals surface area contributed by atoms with Gasteiger partial charge in [0.2, 0.25) is 0 Å². The molecule has 0 nitrogen and oxygen atoms in total. The standard InChI is InChI=1S/C13H9.C7H9.C2H4.2ClH.Hf/c1-3-7-12-10(5-1)9-11-6-2-4-8-13(11)12;1-6-3-4-7(2)5-6;1-2;;;/h1-9H;3-4,6H,1-2H3;1-2H2;2*1H;/q;;;;;+2/p-2. The molecule has 128 valence electrons. The third kappa shape index (κ3) is 2.66. The van der Waals surface area contributed by atoms with E-state index in [1.165, 1.54) is 11.1 Å². The summed E-state index contributed by atoms with van der Waals surface area (Å²) in [6.07, 6.45) is 4.84. The van der Waals surface area contributed by atoms with Gasteiger partial charge in [-0.1, -0.05) is 0 Å². The van der Waals surface area contributed by atoms with Crippen LogP contribution in [0, 0.1) is 5.92 Å². The summed E-state index contributed by atoms with van der Waals surface area (Å²) in [5.74, 6) is 0.694. The predicted octanol–water partition coefficient (Wildman–Crippen LogP) is 0.248. The minimum absolute atomic E-state index is 0. The molecule has 1 saturated heterocycles. The number of halogens is 2. The van der Waals surface area contributed by atoms with Crippen LogP contribution in [0.4, 0.5) is 0 Å². The molecule has 1 heterocycles. The van der Waals surface area contributed by atoms with Gasteiger partial charge in [0.1, 0.15) is 0 Å². The van der Waals surface area contributed by atoms with Gasteiger partial charge in [0.15, 0.2) is 0 Å². The number of benzene rings is 2. The fourth-order valence-electron chi connectivity index (χ4n) is 5.28. The van der Waals surface area contributed by atoms with E-state index in [-0.39, 0.29) is 24.8 Å². The van der Waals surface area contributed by atoms with Gasteiger partial charge in [0, 0.05) is 0 Å². The van der Waals surface area contributed by atoms with E-state index in [1.807, 2.05) is 3.33 Å². The second kappa shape index (κ2) is 6.83. The molecule has 0 saturated carbocycles. The van der Waals surface area contributed by atoms with Crippen molar-refractivity contribution in [1.29, 1.82) is 0 Å². The molecule has 0 radical (unpaired) electrons. The fourth-order valence-corrected chi connectivity index (χ4v) is 32.1. The smallest absolute Gasteiger partial charge is 1.00 e. The van der Waals surface area contributed by atoms with Crippen LogP contribution in [0.3, 0.4) is 0 Å².